The molecular formula is C17H16N4O. The molecule has 3 aromatic rings. The van der Waals surface area contributed by atoms with Gasteiger partial charge in [0.2, 0.25) is 11.7 Å². The quantitative estimate of drug-likeness (QED) is 0.753. The van der Waals surface area contributed by atoms with Crippen LogP contribution in [0.2, 0.25) is 0 Å². The van der Waals surface area contributed by atoms with Gasteiger partial charge in [-0.25, -0.2) is 4.98 Å². The van der Waals surface area contributed by atoms with Crippen molar-refractivity contribution in [3.8, 4) is 5.69 Å². The van der Waals surface area contributed by atoms with Crippen LogP contribution in [-0.4, -0.2) is 20.3 Å². The highest BCUT2D eigenvalue weighted by atomic mass is 16.1. The van der Waals surface area contributed by atoms with Crippen LogP contribution in [0.1, 0.15) is 27.3 Å². The summed E-state index contributed by atoms with van der Waals surface area (Å²) < 4.78 is 1.69. The fraction of sp³-hybridized carbons (Fsp3) is 0.118. The number of ketones is 1. The standard InChI is InChI=1S/C17H16N4O/c1-11-3-5-14(6-4-11)21-15(12(2)20-17(21)18)16(22)13-7-9-19-10-8-13/h3-10H,1-2H3,(H2,18,20). The molecule has 5 nitrogen and oxygen atoms in total. The Kier molecular flexibility index (Phi) is 3.47. The van der Waals surface area contributed by atoms with E-state index in [0.29, 0.717) is 22.9 Å². The van der Waals surface area contributed by atoms with Crippen LogP contribution in [0.4, 0.5) is 5.95 Å². The van der Waals surface area contributed by atoms with E-state index in [0.717, 1.165) is 11.3 Å². The van der Waals surface area contributed by atoms with Crippen LogP contribution in [-0.2, 0) is 0 Å². The number of carbonyl (C=O) groups excluding carboxylic acids is 1. The summed E-state index contributed by atoms with van der Waals surface area (Å²) in [5.74, 6) is 0.184. The Hall–Kier alpha value is -2.95. The first-order valence-corrected chi connectivity index (χ1v) is 6.94. The van der Waals surface area contributed by atoms with Gasteiger partial charge in [-0.1, -0.05) is 17.7 Å². The minimum Gasteiger partial charge on any atom is -0.369 e. The van der Waals surface area contributed by atoms with E-state index < -0.39 is 0 Å². The van der Waals surface area contributed by atoms with E-state index in [1.165, 1.54) is 0 Å². The van der Waals surface area contributed by atoms with Gasteiger partial charge in [-0.15, -0.1) is 0 Å². The second-order valence-electron chi connectivity index (χ2n) is 5.14. The van der Waals surface area contributed by atoms with Crippen LogP contribution in [0.3, 0.4) is 0 Å². The van der Waals surface area contributed by atoms with Gasteiger partial charge in [0.05, 0.1) is 5.69 Å². The van der Waals surface area contributed by atoms with Crippen LogP contribution in [0.15, 0.2) is 48.8 Å². The second kappa shape index (κ2) is 5.44. The number of carbonyl (C=O) groups is 1. The number of aryl methyl sites for hydroxylation is 2. The minimum atomic E-state index is -0.121. The monoisotopic (exact) mass is 292 g/mol. The number of aromatic nitrogens is 3. The minimum absolute atomic E-state index is 0.121. The molecule has 2 aromatic heterocycles. The molecule has 0 spiro atoms. The number of nitrogen functional groups attached to an aromatic ring is 1. The molecule has 0 atom stereocenters. The van der Waals surface area contributed by atoms with Crippen molar-refractivity contribution in [2.75, 3.05) is 5.73 Å². The van der Waals surface area contributed by atoms with E-state index >= 15 is 0 Å². The van der Waals surface area contributed by atoms with Crippen molar-refractivity contribution in [1.29, 1.82) is 0 Å². The van der Waals surface area contributed by atoms with Gasteiger partial charge in [0.25, 0.3) is 0 Å². The summed E-state index contributed by atoms with van der Waals surface area (Å²) in [4.78, 5) is 21.0. The number of benzene rings is 1. The Bertz CT molecular complexity index is 820. The lowest BCUT2D eigenvalue weighted by atomic mass is 10.1. The van der Waals surface area contributed by atoms with Crippen LogP contribution < -0.4 is 5.73 Å². The average molecular weight is 292 g/mol. The van der Waals surface area contributed by atoms with Crippen molar-refractivity contribution in [1.82, 2.24) is 14.5 Å². The predicted octanol–water partition coefficient (Wildman–Crippen LogP) is 2.70. The lowest BCUT2D eigenvalue weighted by molar-refractivity contribution is 0.103. The number of imidazole rings is 1. The maximum absolute atomic E-state index is 12.8. The highest BCUT2D eigenvalue weighted by Gasteiger charge is 2.21. The van der Waals surface area contributed by atoms with E-state index in [1.54, 1.807) is 36.0 Å². The molecule has 0 unspecified atom stereocenters. The van der Waals surface area contributed by atoms with Crippen molar-refractivity contribution in [3.63, 3.8) is 0 Å². The highest BCUT2D eigenvalue weighted by molar-refractivity contribution is 6.09. The first kappa shape index (κ1) is 14.0. The Morgan fingerprint density at radius 2 is 1.68 bits per heavy atom. The third-order valence-corrected chi connectivity index (χ3v) is 3.53. The molecule has 0 aliphatic rings. The van der Waals surface area contributed by atoms with Crippen molar-refractivity contribution < 1.29 is 4.79 Å². The van der Waals surface area contributed by atoms with Crippen molar-refractivity contribution in [2.24, 2.45) is 0 Å². The molecule has 110 valence electrons. The maximum atomic E-state index is 12.8. The normalized spacial score (nSPS) is 10.6. The lowest BCUT2D eigenvalue weighted by Crippen LogP contribution is -2.12. The molecule has 3 rings (SSSR count). The number of pyridine rings is 1. The Morgan fingerprint density at radius 3 is 2.32 bits per heavy atom. The summed E-state index contributed by atoms with van der Waals surface area (Å²) in [6, 6.07) is 11.2. The summed E-state index contributed by atoms with van der Waals surface area (Å²) in [5, 5.41) is 0. The van der Waals surface area contributed by atoms with Gasteiger partial charge in [0, 0.05) is 23.6 Å². The van der Waals surface area contributed by atoms with Crippen LogP contribution in [0.25, 0.3) is 5.69 Å². The van der Waals surface area contributed by atoms with Crippen molar-refractivity contribution in [3.05, 3.63) is 71.3 Å². The molecule has 22 heavy (non-hydrogen) atoms. The number of anilines is 1. The largest absolute Gasteiger partial charge is 0.369 e. The van der Waals surface area contributed by atoms with Crippen LogP contribution in [0, 0.1) is 13.8 Å². The molecule has 0 saturated carbocycles. The number of rotatable bonds is 3. The van der Waals surface area contributed by atoms with Gasteiger partial charge in [-0.05, 0) is 38.1 Å². The summed E-state index contributed by atoms with van der Waals surface area (Å²) in [6.07, 6.45) is 3.19. The highest BCUT2D eigenvalue weighted by Crippen LogP contribution is 2.23. The van der Waals surface area contributed by atoms with Crippen molar-refractivity contribution >= 4 is 11.7 Å². The number of nitrogens with zero attached hydrogens (tertiary/aromatic N) is 3. The zero-order valence-electron chi connectivity index (χ0n) is 12.4. The van der Waals surface area contributed by atoms with Gasteiger partial charge in [-0.3, -0.25) is 14.3 Å². The topological polar surface area (TPSA) is 73.8 Å². The molecule has 0 bridgehead atoms. The molecule has 2 N–H and O–H groups in total. The van der Waals surface area contributed by atoms with Crippen LogP contribution >= 0.6 is 0 Å². The maximum Gasteiger partial charge on any atom is 0.211 e. The average Bonchev–Trinajstić information content (AvgIpc) is 2.82. The fourth-order valence-corrected chi connectivity index (χ4v) is 2.41. The van der Waals surface area contributed by atoms with Gasteiger partial charge in [-0.2, -0.15) is 0 Å². The first-order valence-electron chi connectivity index (χ1n) is 6.94. The van der Waals surface area contributed by atoms with E-state index in [2.05, 4.69) is 9.97 Å². The zero-order chi connectivity index (χ0) is 15.7. The Balaban J connectivity index is 2.16. The second-order valence-corrected chi connectivity index (χ2v) is 5.14. The SMILES string of the molecule is Cc1ccc(-n2c(N)nc(C)c2C(=O)c2ccncc2)cc1. The first-order chi connectivity index (χ1) is 10.6. The molecule has 0 aliphatic heterocycles. The number of hydrogen-bond donors (Lipinski definition) is 1. The van der Waals surface area contributed by atoms with Gasteiger partial charge in [0.1, 0.15) is 5.69 Å². The Morgan fingerprint density at radius 1 is 1.05 bits per heavy atom. The third kappa shape index (κ3) is 2.37. The third-order valence-electron chi connectivity index (χ3n) is 3.53. The number of hydrogen-bond acceptors (Lipinski definition) is 4. The van der Waals surface area contributed by atoms with E-state index in [4.69, 9.17) is 5.73 Å². The summed E-state index contributed by atoms with van der Waals surface area (Å²) in [5.41, 5.74) is 9.63. The lowest BCUT2D eigenvalue weighted by Gasteiger charge is -2.10. The molecule has 0 aliphatic carbocycles. The molecule has 2 heterocycles. The predicted molar refractivity (Wildman–Crippen MR) is 85.1 cm³/mol. The molecule has 0 amide bonds. The molecule has 1 aromatic carbocycles. The molecule has 0 radical (unpaired) electrons. The van der Waals surface area contributed by atoms with Gasteiger partial charge in [0.15, 0.2) is 0 Å². The van der Waals surface area contributed by atoms with Crippen molar-refractivity contribution in [2.45, 2.75) is 13.8 Å². The van der Waals surface area contributed by atoms with Crippen LogP contribution in [0.5, 0.6) is 0 Å². The van der Waals surface area contributed by atoms with E-state index in [-0.39, 0.29) is 5.78 Å². The summed E-state index contributed by atoms with van der Waals surface area (Å²) in [7, 11) is 0. The summed E-state index contributed by atoms with van der Waals surface area (Å²) >= 11 is 0. The van der Waals surface area contributed by atoms with E-state index in [9.17, 15) is 4.79 Å². The molecule has 5 heteroatoms. The van der Waals surface area contributed by atoms with Gasteiger partial charge < -0.3 is 5.73 Å². The fourth-order valence-electron chi connectivity index (χ4n) is 2.41. The smallest absolute Gasteiger partial charge is 0.211 e. The number of nitrogens with two attached hydrogens (primary N) is 1. The molecular weight excluding hydrogens is 276 g/mol. The summed E-state index contributed by atoms with van der Waals surface area (Å²) in [6.45, 7) is 3.80. The zero-order valence-corrected chi connectivity index (χ0v) is 12.4. The molecule has 0 saturated heterocycles. The van der Waals surface area contributed by atoms with E-state index in [1.807, 2.05) is 31.2 Å². The van der Waals surface area contributed by atoms with Gasteiger partial charge >= 0.3 is 0 Å². The Labute approximate surface area is 128 Å². The molecule has 0 fully saturated rings.